The molecule has 1 rings (SSSR count). The molecule has 0 bridgehead atoms. The Morgan fingerprint density at radius 3 is 2.67 bits per heavy atom. The van der Waals surface area contributed by atoms with Gasteiger partial charge in [0.25, 0.3) is 0 Å². The molecule has 0 amide bonds. The Morgan fingerprint density at radius 1 is 1.39 bits per heavy atom. The SMILES string of the molecule is CCCOc1cncc(C(O)C(C)(CC)OC)c1. The average molecular weight is 253 g/mol. The summed E-state index contributed by atoms with van der Waals surface area (Å²) in [5.41, 5.74) is 0.111. The van der Waals surface area contributed by atoms with Crippen LogP contribution in [0.15, 0.2) is 18.5 Å². The Hall–Kier alpha value is -1.13. The van der Waals surface area contributed by atoms with Crippen molar-refractivity contribution in [1.29, 1.82) is 0 Å². The van der Waals surface area contributed by atoms with E-state index in [1.165, 1.54) is 0 Å². The second-order valence-corrected chi connectivity index (χ2v) is 4.58. The summed E-state index contributed by atoms with van der Waals surface area (Å²) < 4.78 is 10.9. The summed E-state index contributed by atoms with van der Waals surface area (Å²) in [7, 11) is 1.61. The molecule has 102 valence electrons. The van der Waals surface area contributed by atoms with Gasteiger partial charge in [-0.1, -0.05) is 13.8 Å². The molecule has 1 N–H and O–H groups in total. The van der Waals surface area contributed by atoms with Crippen LogP contribution in [0.25, 0.3) is 0 Å². The van der Waals surface area contributed by atoms with Crippen LogP contribution in [0, 0.1) is 0 Å². The molecule has 0 aliphatic carbocycles. The molecule has 18 heavy (non-hydrogen) atoms. The van der Waals surface area contributed by atoms with E-state index < -0.39 is 11.7 Å². The van der Waals surface area contributed by atoms with Gasteiger partial charge in [0.2, 0.25) is 0 Å². The highest BCUT2D eigenvalue weighted by Crippen LogP contribution is 2.32. The lowest BCUT2D eigenvalue weighted by Gasteiger charge is -2.32. The van der Waals surface area contributed by atoms with Gasteiger partial charge in [0.15, 0.2) is 0 Å². The number of methoxy groups -OCH3 is 1. The fraction of sp³-hybridized carbons (Fsp3) is 0.643. The number of aromatic nitrogens is 1. The predicted octanol–water partition coefficient (Wildman–Crippen LogP) is 2.72. The Balaban J connectivity index is 2.88. The van der Waals surface area contributed by atoms with Crippen molar-refractivity contribution in [1.82, 2.24) is 4.98 Å². The molecule has 4 nitrogen and oxygen atoms in total. The minimum Gasteiger partial charge on any atom is -0.492 e. The van der Waals surface area contributed by atoms with Gasteiger partial charge in [0.05, 0.1) is 18.4 Å². The topological polar surface area (TPSA) is 51.6 Å². The summed E-state index contributed by atoms with van der Waals surface area (Å²) in [5.74, 6) is 0.683. The predicted molar refractivity (Wildman–Crippen MR) is 70.7 cm³/mol. The largest absolute Gasteiger partial charge is 0.492 e. The van der Waals surface area contributed by atoms with Gasteiger partial charge < -0.3 is 14.6 Å². The van der Waals surface area contributed by atoms with Crippen LogP contribution in [0.3, 0.4) is 0 Å². The summed E-state index contributed by atoms with van der Waals surface area (Å²) >= 11 is 0. The zero-order valence-electron chi connectivity index (χ0n) is 11.6. The second-order valence-electron chi connectivity index (χ2n) is 4.58. The van der Waals surface area contributed by atoms with Crippen molar-refractivity contribution in [2.45, 2.75) is 45.3 Å². The van der Waals surface area contributed by atoms with Gasteiger partial charge >= 0.3 is 0 Å². The molecule has 1 aromatic heterocycles. The van der Waals surface area contributed by atoms with Gasteiger partial charge in [0.1, 0.15) is 11.9 Å². The zero-order chi connectivity index (χ0) is 13.6. The van der Waals surface area contributed by atoms with Crippen molar-refractivity contribution in [3.63, 3.8) is 0 Å². The highest BCUT2D eigenvalue weighted by molar-refractivity contribution is 5.26. The minimum atomic E-state index is -0.717. The third kappa shape index (κ3) is 3.43. The van der Waals surface area contributed by atoms with E-state index in [4.69, 9.17) is 9.47 Å². The van der Waals surface area contributed by atoms with Gasteiger partial charge in [-0.15, -0.1) is 0 Å². The van der Waals surface area contributed by atoms with Crippen LogP contribution in [-0.2, 0) is 4.74 Å². The third-order valence-corrected chi connectivity index (χ3v) is 3.27. The van der Waals surface area contributed by atoms with Crippen molar-refractivity contribution >= 4 is 0 Å². The first-order chi connectivity index (χ1) is 8.57. The lowest BCUT2D eigenvalue weighted by molar-refractivity contribution is -0.0945. The number of ether oxygens (including phenoxy) is 2. The van der Waals surface area contributed by atoms with E-state index in [0.717, 1.165) is 12.0 Å². The smallest absolute Gasteiger partial charge is 0.137 e. The maximum Gasteiger partial charge on any atom is 0.137 e. The maximum atomic E-state index is 10.4. The molecular weight excluding hydrogens is 230 g/mol. The van der Waals surface area contributed by atoms with Gasteiger partial charge in [-0.25, -0.2) is 0 Å². The molecule has 1 heterocycles. The van der Waals surface area contributed by atoms with Gasteiger partial charge in [-0.05, 0) is 25.8 Å². The Morgan fingerprint density at radius 2 is 2.11 bits per heavy atom. The molecule has 0 aliphatic heterocycles. The van der Waals surface area contributed by atoms with Crippen LogP contribution in [0.1, 0.15) is 45.3 Å². The van der Waals surface area contributed by atoms with Crippen LogP contribution < -0.4 is 4.74 Å². The molecule has 0 spiro atoms. The number of aliphatic hydroxyl groups excluding tert-OH is 1. The molecule has 4 heteroatoms. The number of rotatable bonds is 7. The molecule has 2 unspecified atom stereocenters. The van der Waals surface area contributed by atoms with Crippen LogP contribution in [-0.4, -0.2) is 29.4 Å². The fourth-order valence-corrected chi connectivity index (χ4v) is 1.69. The first-order valence-corrected chi connectivity index (χ1v) is 6.38. The van der Waals surface area contributed by atoms with E-state index >= 15 is 0 Å². The summed E-state index contributed by atoms with van der Waals surface area (Å²) in [6, 6.07) is 1.82. The zero-order valence-corrected chi connectivity index (χ0v) is 11.6. The number of aliphatic hydroxyl groups is 1. The van der Waals surface area contributed by atoms with Gasteiger partial charge in [-0.3, -0.25) is 4.98 Å². The standard InChI is InChI=1S/C14H23NO3/c1-5-7-18-12-8-11(9-15-10-12)13(16)14(3,6-2)17-4/h8-10,13,16H,5-7H2,1-4H3. The lowest BCUT2D eigenvalue weighted by Crippen LogP contribution is -2.34. The van der Waals surface area contributed by atoms with Crippen LogP contribution in [0.2, 0.25) is 0 Å². The molecule has 1 aromatic rings. The molecule has 0 aliphatic rings. The van der Waals surface area contributed by atoms with E-state index in [9.17, 15) is 5.11 Å². The third-order valence-electron chi connectivity index (χ3n) is 3.27. The van der Waals surface area contributed by atoms with E-state index in [1.54, 1.807) is 19.5 Å². The first kappa shape index (κ1) is 14.9. The highest BCUT2D eigenvalue weighted by atomic mass is 16.5. The average Bonchev–Trinajstić information content (AvgIpc) is 2.43. The number of hydrogen-bond acceptors (Lipinski definition) is 4. The molecule has 0 aromatic carbocycles. The Labute approximate surface area is 109 Å². The van der Waals surface area contributed by atoms with Crippen molar-refractivity contribution in [2.24, 2.45) is 0 Å². The quantitative estimate of drug-likeness (QED) is 0.811. The second kappa shape index (κ2) is 6.71. The van der Waals surface area contributed by atoms with E-state index in [-0.39, 0.29) is 0 Å². The Kier molecular flexibility index (Phi) is 5.56. The van der Waals surface area contributed by atoms with Crippen LogP contribution in [0.4, 0.5) is 0 Å². The molecule has 0 saturated carbocycles. The van der Waals surface area contributed by atoms with Crippen molar-refractivity contribution < 1.29 is 14.6 Å². The number of nitrogens with zero attached hydrogens (tertiary/aromatic N) is 1. The van der Waals surface area contributed by atoms with Crippen LogP contribution >= 0.6 is 0 Å². The van der Waals surface area contributed by atoms with E-state index in [1.807, 2.05) is 26.8 Å². The Bertz CT molecular complexity index is 364. The lowest BCUT2D eigenvalue weighted by atomic mass is 9.91. The van der Waals surface area contributed by atoms with Crippen molar-refractivity contribution in [3.8, 4) is 5.75 Å². The van der Waals surface area contributed by atoms with Crippen molar-refractivity contribution in [2.75, 3.05) is 13.7 Å². The maximum absolute atomic E-state index is 10.4. The molecule has 0 saturated heterocycles. The summed E-state index contributed by atoms with van der Waals surface area (Å²) in [6.07, 6.45) is 4.24. The highest BCUT2D eigenvalue weighted by Gasteiger charge is 2.32. The van der Waals surface area contributed by atoms with Crippen LogP contribution in [0.5, 0.6) is 5.75 Å². The van der Waals surface area contributed by atoms with Crippen molar-refractivity contribution in [3.05, 3.63) is 24.0 Å². The summed E-state index contributed by atoms with van der Waals surface area (Å²) in [4.78, 5) is 4.10. The van der Waals surface area contributed by atoms with E-state index in [0.29, 0.717) is 18.8 Å². The molecule has 0 radical (unpaired) electrons. The summed E-state index contributed by atoms with van der Waals surface area (Å²) in [5, 5.41) is 10.4. The molecular formula is C14H23NO3. The molecule has 0 fully saturated rings. The first-order valence-electron chi connectivity index (χ1n) is 6.38. The fourth-order valence-electron chi connectivity index (χ4n) is 1.69. The number of hydrogen-bond donors (Lipinski definition) is 1. The monoisotopic (exact) mass is 253 g/mol. The van der Waals surface area contributed by atoms with Gasteiger partial charge in [-0.2, -0.15) is 0 Å². The van der Waals surface area contributed by atoms with E-state index in [2.05, 4.69) is 4.98 Å². The molecule has 2 atom stereocenters. The summed E-state index contributed by atoms with van der Waals surface area (Å²) in [6.45, 7) is 6.57. The minimum absolute atomic E-state index is 0.606. The normalized spacial score (nSPS) is 16.1. The van der Waals surface area contributed by atoms with Gasteiger partial charge in [0, 0.05) is 18.9 Å². The number of pyridine rings is 1.